The molecular formula is C25H31N7O2S. The molecule has 35 heavy (non-hydrogen) atoms. The molecule has 1 saturated heterocycles. The standard InChI is InChI=1S/C25H31N7O2S/c1-30(2)20-6-4-19(5-7-20)22-16-23-24(28-10-9-27-23)25(29-22)34-18-21-17-32(12-14-33-21)35-15-13-31(3)11-8-26/h4-7,9-10,16,21H,11-15,17-18H2,1-3H3/t21-/m0/s1. The van der Waals surface area contributed by atoms with Crippen LogP contribution in [-0.4, -0.2) is 96.5 Å². The van der Waals surface area contributed by atoms with Gasteiger partial charge in [-0.3, -0.25) is 9.88 Å². The van der Waals surface area contributed by atoms with E-state index in [1.165, 1.54) is 0 Å². The summed E-state index contributed by atoms with van der Waals surface area (Å²) < 4.78 is 14.4. The summed E-state index contributed by atoms with van der Waals surface area (Å²) in [4.78, 5) is 17.8. The molecule has 0 saturated carbocycles. The van der Waals surface area contributed by atoms with E-state index >= 15 is 0 Å². The van der Waals surface area contributed by atoms with Crippen molar-refractivity contribution in [1.29, 1.82) is 5.26 Å². The minimum absolute atomic E-state index is 0.0651. The normalized spacial score (nSPS) is 16.4. The molecule has 2 aromatic heterocycles. The molecule has 10 heteroatoms. The lowest BCUT2D eigenvalue weighted by Crippen LogP contribution is -2.42. The second-order valence-corrected chi connectivity index (χ2v) is 9.78. The van der Waals surface area contributed by atoms with Crippen LogP contribution in [0.15, 0.2) is 42.7 Å². The summed E-state index contributed by atoms with van der Waals surface area (Å²) in [6.45, 7) is 3.99. The number of ether oxygens (including phenoxy) is 2. The highest BCUT2D eigenvalue weighted by molar-refractivity contribution is 7.97. The van der Waals surface area contributed by atoms with Crippen molar-refractivity contribution >= 4 is 28.7 Å². The Kier molecular flexibility index (Phi) is 8.71. The van der Waals surface area contributed by atoms with Crippen LogP contribution in [-0.2, 0) is 4.74 Å². The fourth-order valence-corrected chi connectivity index (χ4v) is 4.86. The van der Waals surface area contributed by atoms with Crippen LogP contribution in [0, 0.1) is 11.3 Å². The van der Waals surface area contributed by atoms with Gasteiger partial charge in [0.15, 0.2) is 5.52 Å². The van der Waals surface area contributed by atoms with Crippen molar-refractivity contribution in [3.8, 4) is 23.2 Å². The molecule has 0 bridgehead atoms. The summed E-state index contributed by atoms with van der Waals surface area (Å²) in [6.07, 6.45) is 3.27. The Morgan fingerprint density at radius 1 is 1.20 bits per heavy atom. The first-order valence-electron chi connectivity index (χ1n) is 11.6. The Labute approximate surface area is 210 Å². The van der Waals surface area contributed by atoms with E-state index in [1.54, 1.807) is 24.3 Å². The number of nitrogens with zero attached hydrogens (tertiary/aromatic N) is 7. The van der Waals surface area contributed by atoms with Gasteiger partial charge in [0.05, 0.1) is 30.4 Å². The molecule has 1 aromatic carbocycles. The van der Waals surface area contributed by atoms with Gasteiger partial charge in [0.1, 0.15) is 12.7 Å². The number of anilines is 1. The molecule has 1 atom stereocenters. The van der Waals surface area contributed by atoms with Gasteiger partial charge in [-0.15, -0.1) is 0 Å². The lowest BCUT2D eigenvalue weighted by molar-refractivity contribution is -0.0229. The molecule has 0 spiro atoms. The van der Waals surface area contributed by atoms with Gasteiger partial charge in [-0.25, -0.2) is 14.3 Å². The molecule has 0 N–H and O–H groups in total. The van der Waals surface area contributed by atoms with E-state index < -0.39 is 0 Å². The zero-order valence-corrected chi connectivity index (χ0v) is 21.2. The molecular weight excluding hydrogens is 462 g/mol. The van der Waals surface area contributed by atoms with Crippen LogP contribution in [0.5, 0.6) is 5.88 Å². The van der Waals surface area contributed by atoms with Crippen molar-refractivity contribution in [2.75, 3.05) is 71.2 Å². The Morgan fingerprint density at radius 3 is 2.77 bits per heavy atom. The zero-order valence-electron chi connectivity index (χ0n) is 20.4. The molecule has 0 unspecified atom stereocenters. The number of nitriles is 1. The van der Waals surface area contributed by atoms with E-state index in [1.807, 2.05) is 32.1 Å². The average Bonchev–Trinajstić information content (AvgIpc) is 2.87. The van der Waals surface area contributed by atoms with Gasteiger partial charge in [-0.05, 0) is 25.2 Å². The SMILES string of the molecule is CN(CC#N)CCSN1CCO[C@H](COc2nc(-c3ccc(N(C)C)cc3)cc3nccnc23)C1. The molecule has 0 aliphatic carbocycles. The summed E-state index contributed by atoms with van der Waals surface area (Å²) >= 11 is 1.79. The van der Waals surface area contributed by atoms with Crippen LogP contribution in [0.3, 0.4) is 0 Å². The predicted molar refractivity (Wildman–Crippen MR) is 139 cm³/mol. The van der Waals surface area contributed by atoms with Crippen molar-refractivity contribution in [2.24, 2.45) is 0 Å². The molecule has 0 amide bonds. The van der Waals surface area contributed by atoms with Crippen LogP contribution < -0.4 is 9.64 Å². The van der Waals surface area contributed by atoms with Gasteiger partial charge in [-0.2, -0.15) is 5.26 Å². The van der Waals surface area contributed by atoms with Crippen LogP contribution >= 0.6 is 11.9 Å². The Morgan fingerprint density at radius 2 is 2.00 bits per heavy atom. The minimum atomic E-state index is -0.0651. The van der Waals surface area contributed by atoms with E-state index in [0.717, 1.165) is 47.8 Å². The molecule has 0 radical (unpaired) electrons. The summed E-state index contributed by atoms with van der Waals surface area (Å²) in [5.74, 6) is 1.40. The number of rotatable bonds is 10. The fraction of sp³-hybridized carbons (Fsp3) is 0.440. The number of aromatic nitrogens is 3. The second-order valence-electron chi connectivity index (χ2n) is 8.60. The largest absolute Gasteiger partial charge is 0.473 e. The third-order valence-electron chi connectivity index (χ3n) is 5.70. The number of pyridine rings is 1. The minimum Gasteiger partial charge on any atom is -0.473 e. The monoisotopic (exact) mass is 493 g/mol. The van der Waals surface area contributed by atoms with Crippen LogP contribution in [0.2, 0.25) is 0 Å². The van der Waals surface area contributed by atoms with Crippen molar-refractivity contribution in [2.45, 2.75) is 6.10 Å². The van der Waals surface area contributed by atoms with Gasteiger partial charge in [0.25, 0.3) is 0 Å². The Bertz CT molecular complexity index is 1150. The molecule has 1 aliphatic heterocycles. The molecule has 1 fully saturated rings. The number of fused-ring (bicyclic) bond motifs is 1. The first kappa shape index (κ1) is 25.1. The van der Waals surface area contributed by atoms with E-state index in [2.05, 4.69) is 49.5 Å². The molecule has 184 valence electrons. The Hall–Kier alpha value is -2.97. The van der Waals surface area contributed by atoms with Crippen LogP contribution in [0.1, 0.15) is 0 Å². The highest BCUT2D eigenvalue weighted by atomic mass is 32.2. The number of benzene rings is 1. The van der Waals surface area contributed by atoms with Crippen molar-refractivity contribution in [3.05, 3.63) is 42.7 Å². The molecule has 9 nitrogen and oxygen atoms in total. The lowest BCUT2D eigenvalue weighted by Gasteiger charge is -2.32. The van der Waals surface area contributed by atoms with Gasteiger partial charge in [-0.1, -0.05) is 24.1 Å². The quantitative estimate of drug-likeness (QED) is 0.310. The van der Waals surface area contributed by atoms with Crippen molar-refractivity contribution in [3.63, 3.8) is 0 Å². The van der Waals surface area contributed by atoms with Crippen molar-refractivity contribution in [1.82, 2.24) is 24.2 Å². The summed E-state index contributed by atoms with van der Waals surface area (Å²) in [6, 6.07) is 12.4. The maximum Gasteiger partial charge on any atom is 0.242 e. The second kappa shape index (κ2) is 12.1. The van der Waals surface area contributed by atoms with Gasteiger partial charge in [0.2, 0.25) is 5.88 Å². The van der Waals surface area contributed by atoms with Crippen molar-refractivity contribution < 1.29 is 9.47 Å². The maximum absolute atomic E-state index is 8.80. The van der Waals surface area contributed by atoms with E-state index in [9.17, 15) is 0 Å². The van der Waals surface area contributed by atoms with E-state index in [0.29, 0.717) is 31.2 Å². The van der Waals surface area contributed by atoms with Gasteiger partial charge in [0, 0.05) is 63.1 Å². The van der Waals surface area contributed by atoms with Crippen LogP contribution in [0.25, 0.3) is 22.3 Å². The smallest absolute Gasteiger partial charge is 0.242 e. The first-order valence-corrected chi connectivity index (χ1v) is 12.5. The highest BCUT2D eigenvalue weighted by Gasteiger charge is 2.22. The molecule has 3 aromatic rings. The lowest BCUT2D eigenvalue weighted by atomic mass is 10.1. The third-order valence-corrected chi connectivity index (χ3v) is 6.76. The zero-order chi connectivity index (χ0) is 24.6. The number of hydrogen-bond donors (Lipinski definition) is 0. The first-order chi connectivity index (χ1) is 17.0. The van der Waals surface area contributed by atoms with Crippen LogP contribution in [0.4, 0.5) is 5.69 Å². The van der Waals surface area contributed by atoms with Gasteiger partial charge < -0.3 is 14.4 Å². The van der Waals surface area contributed by atoms with E-state index in [4.69, 9.17) is 19.7 Å². The predicted octanol–water partition coefficient (Wildman–Crippen LogP) is 2.94. The molecule has 1 aliphatic rings. The highest BCUT2D eigenvalue weighted by Crippen LogP contribution is 2.28. The average molecular weight is 494 g/mol. The number of hydrogen-bond acceptors (Lipinski definition) is 10. The summed E-state index contributed by atoms with van der Waals surface area (Å²) in [5.41, 5.74) is 4.29. The topological polar surface area (TPSA) is 90.6 Å². The Balaban J connectivity index is 1.42. The van der Waals surface area contributed by atoms with E-state index in [-0.39, 0.29) is 6.10 Å². The third kappa shape index (κ3) is 6.80. The maximum atomic E-state index is 8.80. The number of morpholine rings is 1. The molecule has 3 heterocycles. The summed E-state index contributed by atoms with van der Waals surface area (Å²) in [5, 5.41) is 8.80. The van der Waals surface area contributed by atoms with Gasteiger partial charge >= 0.3 is 0 Å². The summed E-state index contributed by atoms with van der Waals surface area (Å²) in [7, 11) is 6.00. The molecule has 4 rings (SSSR count). The fourth-order valence-electron chi connectivity index (χ4n) is 3.73.